The van der Waals surface area contributed by atoms with Gasteiger partial charge >= 0.3 is 0 Å². The molecular weight excluding hydrogens is 356 g/mol. The quantitative estimate of drug-likeness (QED) is 0.668. The number of nitrogens with zero attached hydrogens (tertiary/aromatic N) is 1. The molecule has 0 radical (unpaired) electrons. The van der Waals surface area contributed by atoms with E-state index in [1.165, 1.54) is 23.1 Å². The van der Waals surface area contributed by atoms with Crippen LogP contribution >= 0.6 is 0 Å². The summed E-state index contributed by atoms with van der Waals surface area (Å²) in [6.07, 6.45) is 1.11. The van der Waals surface area contributed by atoms with E-state index in [0.29, 0.717) is 11.6 Å². The average Bonchev–Trinajstić information content (AvgIpc) is 2.98. The molecule has 2 heterocycles. The fourth-order valence-electron chi connectivity index (χ4n) is 3.44. The minimum atomic E-state index is -3.85. The van der Waals surface area contributed by atoms with Crippen LogP contribution in [0.1, 0.15) is 19.8 Å². The molecule has 2 fully saturated rings. The van der Waals surface area contributed by atoms with Gasteiger partial charge in [0.1, 0.15) is 0 Å². The van der Waals surface area contributed by atoms with Crippen molar-refractivity contribution < 1.29 is 18.0 Å². The lowest BCUT2D eigenvalue weighted by Crippen LogP contribution is -2.51. The third-order valence-corrected chi connectivity index (χ3v) is 6.02. The van der Waals surface area contributed by atoms with Crippen LogP contribution in [0.4, 0.5) is 5.69 Å². The lowest BCUT2D eigenvalue weighted by molar-refractivity contribution is -0.127. The normalized spacial score (nSPS) is 26.8. The third kappa shape index (κ3) is 4.05. The van der Waals surface area contributed by atoms with Gasteiger partial charge in [0.25, 0.3) is 0 Å². The molecule has 1 aromatic rings. The molecule has 2 aliphatic rings. The van der Waals surface area contributed by atoms with Crippen LogP contribution in [0.25, 0.3) is 0 Å². The predicted octanol–water partition coefficient (Wildman–Crippen LogP) is -0.199. The van der Waals surface area contributed by atoms with Gasteiger partial charge in [-0.2, -0.15) is 0 Å². The number of primary sulfonamides is 1. The first-order valence-electron chi connectivity index (χ1n) is 8.70. The van der Waals surface area contributed by atoms with Crippen molar-refractivity contribution >= 4 is 27.5 Å². The summed E-state index contributed by atoms with van der Waals surface area (Å²) < 4.78 is 23.0. The minimum absolute atomic E-state index is 0.0576. The van der Waals surface area contributed by atoms with E-state index < -0.39 is 15.9 Å². The maximum absolute atomic E-state index is 12.6. The van der Waals surface area contributed by atoms with Gasteiger partial charge in [-0.05, 0) is 37.1 Å². The lowest BCUT2D eigenvalue weighted by Gasteiger charge is -2.31. The van der Waals surface area contributed by atoms with Crippen molar-refractivity contribution in [2.45, 2.75) is 30.7 Å². The first kappa shape index (κ1) is 18.8. The topological polar surface area (TPSA) is 122 Å². The molecule has 0 aromatic heterocycles. The number of carbonyl (C=O) groups is 2. The Kier molecular flexibility index (Phi) is 5.31. The molecule has 4 N–H and O–H groups in total. The molecule has 0 bridgehead atoms. The molecular formula is C17H24N4O4S. The van der Waals surface area contributed by atoms with Crippen molar-refractivity contribution in [3.63, 3.8) is 0 Å². The number of sulfonamides is 1. The zero-order valence-electron chi connectivity index (χ0n) is 14.6. The molecule has 3 atom stereocenters. The van der Waals surface area contributed by atoms with Crippen LogP contribution in [0.15, 0.2) is 29.2 Å². The number of hydrogen-bond donors (Lipinski definition) is 3. The first-order valence-corrected chi connectivity index (χ1v) is 10.2. The van der Waals surface area contributed by atoms with Crippen molar-refractivity contribution in [3.8, 4) is 0 Å². The second kappa shape index (κ2) is 7.34. The number of piperidine rings is 1. The van der Waals surface area contributed by atoms with Gasteiger partial charge in [-0.15, -0.1) is 0 Å². The number of nitrogens with one attached hydrogen (secondary N) is 2. The highest BCUT2D eigenvalue weighted by atomic mass is 32.2. The molecule has 0 spiro atoms. The number of hydrogen-bond acceptors (Lipinski definition) is 5. The molecule has 9 heteroatoms. The molecule has 2 saturated heterocycles. The summed E-state index contributed by atoms with van der Waals surface area (Å²) in [5.41, 5.74) is 0.435. The van der Waals surface area contributed by atoms with E-state index in [1.54, 1.807) is 6.07 Å². The largest absolute Gasteiger partial charge is 0.352 e. The van der Waals surface area contributed by atoms with Gasteiger partial charge in [0, 0.05) is 31.2 Å². The van der Waals surface area contributed by atoms with E-state index in [4.69, 9.17) is 5.14 Å². The van der Waals surface area contributed by atoms with Gasteiger partial charge < -0.3 is 15.5 Å². The Bertz CT molecular complexity index is 811. The van der Waals surface area contributed by atoms with E-state index in [2.05, 4.69) is 17.6 Å². The van der Waals surface area contributed by atoms with E-state index in [0.717, 1.165) is 19.5 Å². The summed E-state index contributed by atoms with van der Waals surface area (Å²) in [4.78, 5) is 26.3. The Labute approximate surface area is 153 Å². The Hall–Kier alpha value is -1.97. The van der Waals surface area contributed by atoms with Crippen molar-refractivity contribution in [1.29, 1.82) is 0 Å². The predicted molar refractivity (Wildman–Crippen MR) is 96.9 cm³/mol. The van der Waals surface area contributed by atoms with Crippen LogP contribution in [0.5, 0.6) is 0 Å². The Morgan fingerprint density at radius 3 is 2.85 bits per heavy atom. The van der Waals surface area contributed by atoms with Gasteiger partial charge in [0.15, 0.2) is 0 Å². The molecule has 0 aliphatic carbocycles. The first-order chi connectivity index (χ1) is 12.3. The number of rotatable bonds is 4. The van der Waals surface area contributed by atoms with Gasteiger partial charge in [-0.25, -0.2) is 13.6 Å². The fraction of sp³-hybridized carbons (Fsp3) is 0.529. The van der Waals surface area contributed by atoms with Gasteiger partial charge in [0.05, 0.1) is 10.8 Å². The lowest BCUT2D eigenvalue weighted by atomic mass is 9.94. The fourth-order valence-corrected chi connectivity index (χ4v) is 4.00. The van der Waals surface area contributed by atoms with Crippen LogP contribution in [0, 0.1) is 11.8 Å². The molecule has 2 amide bonds. The maximum atomic E-state index is 12.6. The highest BCUT2D eigenvalue weighted by Gasteiger charge is 2.36. The molecule has 0 saturated carbocycles. The molecule has 3 unspecified atom stereocenters. The number of anilines is 1. The second-order valence-corrected chi connectivity index (χ2v) is 8.59. The standard InChI is InChI=1S/C17H24N4O4S/c1-11-5-6-19-9-15(11)20-17(23)12-7-16(22)21(10-12)13-3-2-4-14(8-13)26(18,24)25/h2-4,8,11-12,15,19H,5-7,9-10H2,1H3,(H,20,23)(H2,18,24,25). The monoisotopic (exact) mass is 380 g/mol. The number of nitrogens with two attached hydrogens (primary N) is 1. The van der Waals surface area contributed by atoms with Crippen LogP contribution in [-0.2, 0) is 19.6 Å². The molecule has 8 nitrogen and oxygen atoms in total. The summed E-state index contributed by atoms with van der Waals surface area (Å²) in [7, 11) is -3.85. The Balaban J connectivity index is 1.69. The molecule has 2 aliphatic heterocycles. The maximum Gasteiger partial charge on any atom is 0.238 e. The van der Waals surface area contributed by atoms with Crippen LogP contribution in [0.2, 0.25) is 0 Å². The summed E-state index contributed by atoms with van der Waals surface area (Å²) in [5, 5.41) is 11.5. The minimum Gasteiger partial charge on any atom is -0.352 e. The van der Waals surface area contributed by atoms with Gasteiger partial charge in [0.2, 0.25) is 21.8 Å². The number of benzene rings is 1. The SMILES string of the molecule is CC1CCNCC1NC(=O)C1CC(=O)N(c2cccc(S(N)(=O)=O)c2)C1. The molecule has 1 aromatic carbocycles. The van der Waals surface area contributed by atoms with Gasteiger partial charge in [-0.1, -0.05) is 13.0 Å². The summed E-state index contributed by atoms with van der Waals surface area (Å²) in [5.74, 6) is -0.398. The van der Waals surface area contributed by atoms with E-state index in [9.17, 15) is 18.0 Å². The highest BCUT2D eigenvalue weighted by molar-refractivity contribution is 7.89. The van der Waals surface area contributed by atoms with E-state index in [-0.39, 0.29) is 35.7 Å². The van der Waals surface area contributed by atoms with Crippen molar-refractivity contribution in [2.24, 2.45) is 17.0 Å². The number of carbonyl (C=O) groups excluding carboxylic acids is 2. The summed E-state index contributed by atoms with van der Waals surface area (Å²) >= 11 is 0. The average molecular weight is 380 g/mol. The van der Waals surface area contributed by atoms with Crippen molar-refractivity contribution in [1.82, 2.24) is 10.6 Å². The second-order valence-electron chi connectivity index (χ2n) is 7.03. The smallest absolute Gasteiger partial charge is 0.238 e. The molecule has 26 heavy (non-hydrogen) atoms. The Morgan fingerprint density at radius 2 is 2.15 bits per heavy atom. The van der Waals surface area contributed by atoms with E-state index in [1.807, 2.05) is 0 Å². The Morgan fingerprint density at radius 1 is 1.38 bits per heavy atom. The van der Waals surface area contributed by atoms with Crippen molar-refractivity contribution in [3.05, 3.63) is 24.3 Å². The molecule has 142 valence electrons. The zero-order chi connectivity index (χ0) is 18.9. The highest BCUT2D eigenvalue weighted by Crippen LogP contribution is 2.27. The number of amides is 2. The summed E-state index contributed by atoms with van der Waals surface area (Å²) in [6, 6.07) is 5.97. The van der Waals surface area contributed by atoms with E-state index >= 15 is 0 Å². The summed E-state index contributed by atoms with van der Waals surface area (Å²) in [6.45, 7) is 4.02. The van der Waals surface area contributed by atoms with Crippen LogP contribution in [0.3, 0.4) is 0 Å². The van der Waals surface area contributed by atoms with Crippen LogP contribution < -0.4 is 20.7 Å². The molecule has 3 rings (SSSR count). The van der Waals surface area contributed by atoms with Crippen molar-refractivity contribution in [2.75, 3.05) is 24.5 Å². The third-order valence-electron chi connectivity index (χ3n) is 5.11. The van der Waals surface area contributed by atoms with Crippen LogP contribution in [-0.4, -0.2) is 45.9 Å². The van der Waals surface area contributed by atoms with Gasteiger partial charge in [-0.3, -0.25) is 9.59 Å². The zero-order valence-corrected chi connectivity index (χ0v) is 15.5.